The molecule has 0 fully saturated rings. The van der Waals surface area contributed by atoms with Gasteiger partial charge in [-0.05, 0) is 13.0 Å². The number of hydrogen-bond acceptors (Lipinski definition) is 5. The molecule has 0 bridgehead atoms. The lowest BCUT2D eigenvalue weighted by atomic mass is 10.3. The number of aromatic nitrogens is 1. The summed E-state index contributed by atoms with van der Waals surface area (Å²) in [6.45, 7) is 3.27. The van der Waals surface area contributed by atoms with Gasteiger partial charge < -0.3 is 19.2 Å². The zero-order chi connectivity index (χ0) is 12.3. The molecule has 0 aliphatic carbocycles. The van der Waals surface area contributed by atoms with E-state index < -0.39 is 0 Å². The van der Waals surface area contributed by atoms with E-state index in [2.05, 4.69) is 10.3 Å². The minimum Gasteiger partial charge on any atom is -0.446 e. The van der Waals surface area contributed by atoms with Crippen LogP contribution in [0.3, 0.4) is 0 Å². The molecule has 0 spiro atoms. The first-order chi connectivity index (χ1) is 8.36. The number of hydrogen-bond donors (Lipinski definition) is 1. The molecule has 1 rings (SSSR count). The predicted molar refractivity (Wildman–Crippen MR) is 65.1 cm³/mol. The second-order valence-corrected chi connectivity index (χ2v) is 3.81. The molecule has 0 saturated heterocycles. The summed E-state index contributed by atoms with van der Waals surface area (Å²) in [5.41, 5.74) is 0. The van der Waals surface area contributed by atoms with Crippen LogP contribution >= 0.6 is 0 Å². The fourth-order valence-corrected chi connectivity index (χ4v) is 1.45. The average molecular weight is 242 g/mol. The third kappa shape index (κ3) is 6.41. The van der Waals surface area contributed by atoms with Crippen LogP contribution in [0, 0.1) is 0 Å². The van der Waals surface area contributed by atoms with E-state index in [9.17, 15) is 0 Å². The SMILES string of the molecule is COCCNCCCc1ncc(CCOC)o1. The first-order valence-corrected chi connectivity index (χ1v) is 5.99. The lowest BCUT2D eigenvalue weighted by molar-refractivity contribution is 0.196. The Morgan fingerprint density at radius 1 is 1.18 bits per heavy atom. The maximum absolute atomic E-state index is 5.57. The number of nitrogens with zero attached hydrogens (tertiary/aromatic N) is 1. The Kier molecular flexibility index (Phi) is 7.62. The number of ether oxygens (including phenoxy) is 2. The van der Waals surface area contributed by atoms with Gasteiger partial charge in [0, 0.05) is 33.6 Å². The van der Waals surface area contributed by atoms with Crippen molar-refractivity contribution in [3.8, 4) is 0 Å². The molecule has 0 saturated carbocycles. The highest BCUT2D eigenvalue weighted by Crippen LogP contribution is 2.06. The van der Waals surface area contributed by atoms with Crippen LogP contribution < -0.4 is 5.32 Å². The maximum atomic E-state index is 5.57. The van der Waals surface area contributed by atoms with Crippen LogP contribution in [0.4, 0.5) is 0 Å². The van der Waals surface area contributed by atoms with Crippen LogP contribution in [-0.4, -0.2) is 45.5 Å². The quantitative estimate of drug-likeness (QED) is 0.621. The normalized spacial score (nSPS) is 10.9. The van der Waals surface area contributed by atoms with Gasteiger partial charge in [0.25, 0.3) is 0 Å². The predicted octanol–water partition coefficient (Wildman–Crippen LogP) is 1.03. The third-order valence-electron chi connectivity index (χ3n) is 2.38. The molecule has 1 heterocycles. The van der Waals surface area contributed by atoms with E-state index in [-0.39, 0.29) is 0 Å². The van der Waals surface area contributed by atoms with Crippen molar-refractivity contribution in [3.63, 3.8) is 0 Å². The molecule has 1 N–H and O–H groups in total. The minimum absolute atomic E-state index is 0.674. The van der Waals surface area contributed by atoms with E-state index in [0.29, 0.717) is 6.61 Å². The highest BCUT2D eigenvalue weighted by Gasteiger charge is 2.03. The van der Waals surface area contributed by atoms with Gasteiger partial charge in [-0.25, -0.2) is 4.98 Å². The monoisotopic (exact) mass is 242 g/mol. The topological polar surface area (TPSA) is 56.5 Å². The Morgan fingerprint density at radius 2 is 2.00 bits per heavy atom. The Morgan fingerprint density at radius 3 is 2.76 bits per heavy atom. The lowest BCUT2D eigenvalue weighted by Crippen LogP contribution is -2.20. The van der Waals surface area contributed by atoms with Crippen LogP contribution in [0.5, 0.6) is 0 Å². The molecule has 1 aromatic rings. The van der Waals surface area contributed by atoms with Gasteiger partial charge in [0.2, 0.25) is 0 Å². The minimum atomic E-state index is 0.674. The second-order valence-electron chi connectivity index (χ2n) is 3.81. The molecule has 17 heavy (non-hydrogen) atoms. The Balaban J connectivity index is 2.08. The zero-order valence-electron chi connectivity index (χ0n) is 10.7. The summed E-state index contributed by atoms with van der Waals surface area (Å²) in [6, 6.07) is 0. The molecule has 5 heteroatoms. The molecule has 0 aliphatic rings. The number of oxazole rings is 1. The van der Waals surface area contributed by atoms with E-state index in [4.69, 9.17) is 13.9 Å². The van der Waals surface area contributed by atoms with Crippen LogP contribution in [0.15, 0.2) is 10.6 Å². The summed E-state index contributed by atoms with van der Waals surface area (Å²) < 4.78 is 15.5. The highest BCUT2D eigenvalue weighted by molar-refractivity contribution is 4.94. The molecule has 98 valence electrons. The smallest absolute Gasteiger partial charge is 0.194 e. The van der Waals surface area contributed by atoms with Gasteiger partial charge in [-0.15, -0.1) is 0 Å². The molecule has 0 aliphatic heterocycles. The van der Waals surface area contributed by atoms with Crippen LogP contribution in [0.2, 0.25) is 0 Å². The van der Waals surface area contributed by atoms with Gasteiger partial charge in [0.05, 0.1) is 19.4 Å². The Hall–Kier alpha value is -0.910. The first-order valence-electron chi connectivity index (χ1n) is 5.99. The van der Waals surface area contributed by atoms with Crippen molar-refractivity contribution in [3.05, 3.63) is 17.8 Å². The summed E-state index contributed by atoms with van der Waals surface area (Å²) in [5, 5.41) is 3.28. The summed E-state index contributed by atoms with van der Waals surface area (Å²) in [5.74, 6) is 1.71. The number of methoxy groups -OCH3 is 2. The fourth-order valence-electron chi connectivity index (χ4n) is 1.45. The standard InChI is InChI=1S/C12H22N2O3/c1-15-8-5-11-10-14-12(17-11)4-3-6-13-7-9-16-2/h10,13H,3-9H2,1-2H3. The molecular formula is C12H22N2O3. The number of nitrogens with one attached hydrogen (secondary N) is 1. The van der Waals surface area contributed by atoms with E-state index in [1.807, 2.05) is 0 Å². The largest absolute Gasteiger partial charge is 0.446 e. The van der Waals surface area contributed by atoms with Crippen molar-refractivity contribution < 1.29 is 13.9 Å². The summed E-state index contributed by atoms with van der Waals surface area (Å²) in [6.07, 6.45) is 4.46. The van der Waals surface area contributed by atoms with E-state index in [1.165, 1.54) is 0 Å². The Bertz CT molecular complexity index is 289. The van der Waals surface area contributed by atoms with Crippen LogP contribution in [0.1, 0.15) is 18.1 Å². The average Bonchev–Trinajstić information content (AvgIpc) is 2.79. The summed E-state index contributed by atoms with van der Waals surface area (Å²) >= 11 is 0. The first kappa shape index (κ1) is 14.2. The van der Waals surface area contributed by atoms with Crippen molar-refractivity contribution >= 4 is 0 Å². The van der Waals surface area contributed by atoms with Crippen LogP contribution in [0.25, 0.3) is 0 Å². The lowest BCUT2D eigenvalue weighted by Gasteiger charge is -2.01. The highest BCUT2D eigenvalue weighted by atomic mass is 16.5. The molecule has 0 unspecified atom stereocenters. The van der Waals surface area contributed by atoms with Gasteiger partial charge in [-0.1, -0.05) is 0 Å². The third-order valence-corrected chi connectivity index (χ3v) is 2.38. The van der Waals surface area contributed by atoms with E-state index in [1.54, 1.807) is 20.4 Å². The van der Waals surface area contributed by atoms with Gasteiger partial charge >= 0.3 is 0 Å². The molecule has 0 atom stereocenters. The number of aryl methyl sites for hydroxylation is 1. The van der Waals surface area contributed by atoms with Crippen molar-refractivity contribution in [1.82, 2.24) is 10.3 Å². The maximum Gasteiger partial charge on any atom is 0.194 e. The van der Waals surface area contributed by atoms with Crippen molar-refractivity contribution in [1.29, 1.82) is 0 Å². The number of rotatable bonds is 10. The van der Waals surface area contributed by atoms with Gasteiger partial charge in [-0.3, -0.25) is 0 Å². The molecule has 1 aromatic heterocycles. The second kappa shape index (κ2) is 9.15. The molecule has 0 radical (unpaired) electrons. The van der Waals surface area contributed by atoms with Crippen molar-refractivity contribution in [2.24, 2.45) is 0 Å². The fraction of sp³-hybridized carbons (Fsp3) is 0.750. The molecule has 0 amide bonds. The summed E-state index contributed by atoms with van der Waals surface area (Å²) in [4.78, 5) is 4.23. The summed E-state index contributed by atoms with van der Waals surface area (Å²) in [7, 11) is 3.39. The van der Waals surface area contributed by atoms with E-state index in [0.717, 1.165) is 50.6 Å². The van der Waals surface area contributed by atoms with Gasteiger partial charge in [-0.2, -0.15) is 0 Å². The Labute approximate surface area is 103 Å². The van der Waals surface area contributed by atoms with Crippen LogP contribution in [-0.2, 0) is 22.3 Å². The van der Waals surface area contributed by atoms with Crippen molar-refractivity contribution in [2.75, 3.05) is 40.5 Å². The molecule has 0 aromatic carbocycles. The van der Waals surface area contributed by atoms with Gasteiger partial charge in [0.15, 0.2) is 5.89 Å². The van der Waals surface area contributed by atoms with Crippen molar-refractivity contribution in [2.45, 2.75) is 19.3 Å². The molecular weight excluding hydrogens is 220 g/mol. The molecule has 5 nitrogen and oxygen atoms in total. The van der Waals surface area contributed by atoms with Gasteiger partial charge in [0.1, 0.15) is 5.76 Å². The van der Waals surface area contributed by atoms with E-state index >= 15 is 0 Å². The zero-order valence-corrected chi connectivity index (χ0v) is 10.7.